The summed E-state index contributed by atoms with van der Waals surface area (Å²) in [5, 5.41) is 13.2. The maximum atomic E-state index is 14.3. The predicted molar refractivity (Wildman–Crippen MR) is 139 cm³/mol. The van der Waals surface area contributed by atoms with Crippen molar-refractivity contribution in [3.8, 4) is 0 Å². The van der Waals surface area contributed by atoms with E-state index in [2.05, 4.69) is 0 Å². The molecule has 0 fully saturated rings. The molecule has 1 aliphatic heterocycles. The molecule has 0 saturated carbocycles. The predicted octanol–water partition coefficient (Wildman–Crippen LogP) is 4.96. The van der Waals surface area contributed by atoms with Crippen molar-refractivity contribution in [1.29, 1.82) is 0 Å². The molecule has 6 nitrogen and oxygen atoms in total. The Balaban J connectivity index is 0.00000380. The lowest BCUT2D eigenvalue weighted by atomic mass is 9.83. The van der Waals surface area contributed by atoms with E-state index in [4.69, 9.17) is 17.3 Å². The van der Waals surface area contributed by atoms with Crippen LogP contribution in [0.1, 0.15) is 40.9 Å². The quantitative estimate of drug-likeness (QED) is 0.431. The number of benzene rings is 3. The summed E-state index contributed by atoms with van der Waals surface area (Å²) in [5.74, 6) is -2.06. The summed E-state index contributed by atoms with van der Waals surface area (Å²) < 4.78 is 43.0. The molecule has 11 heteroatoms. The Morgan fingerprint density at radius 2 is 1.70 bits per heavy atom. The molecule has 0 aromatic heterocycles. The fourth-order valence-electron chi connectivity index (χ4n) is 4.74. The lowest BCUT2D eigenvalue weighted by molar-refractivity contribution is -0.142. The zero-order valence-electron chi connectivity index (χ0n) is 20.1. The SMILES string of the molecule is CCN(CC)CCN1C(=O)[C@](O)(c2cc3ccccc3cc2Cl)c2c1cc(C(N)=O)cc2C(F)(F)F.Cl. The first-order valence-corrected chi connectivity index (χ1v) is 11.8. The summed E-state index contributed by atoms with van der Waals surface area (Å²) in [7, 11) is 0. The van der Waals surface area contributed by atoms with Crippen LogP contribution in [0.5, 0.6) is 0 Å². The summed E-state index contributed by atoms with van der Waals surface area (Å²) in [6, 6.07) is 11.6. The van der Waals surface area contributed by atoms with E-state index in [1.54, 1.807) is 24.3 Å². The number of amides is 2. The van der Waals surface area contributed by atoms with E-state index in [1.807, 2.05) is 18.7 Å². The fourth-order valence-corrected chi connectivity index (χ4v) is 5.05. The largest absolute Gasteiger partial charge is 0.416 e. The zero-order valence-corrected chi connectivity index (χ0v) is 21.7. The minimum absolute atomic E-state index is 0. The average Bonchev–Trinajstić information content (AvgIpc) is 3.05. The van der Waals surface area contributed by atoms with E-state index in [-0.39, 0.29) is 35.2 Å². The van der Waals surface area contributed by atoms with Gasteiger partial charge in [0.15, 0.2) is 5.60 Å². The van der Waals surface area contributed by atoms with E-state index < -0.39 is 40.3 Å². The van der Waals surface area contributed by atoms with Gasteiger partial charge in [0.1, 0.15) is 0 Å². The number of hydrogen-bond donors (Lipinski definition) is 2. The van der Waals surface area contributed by atoms with Crippen molar-refractivity contribution in [2.45, 2.75) is 25.6 Å². The maximum Gasteiger partial charge on any atom is 0.416 e. The molecule has 0 aliphatic carbocycles. The number of nitrogens with two attached hydrogens (primary N) is 1. The number of fused-ring (bicyclic) bond motifs is 2. The second-order valence-corrected chi connectivity index (χ2v) is 9.06. The van der Waals surface area contributed by atoms with Crippen molar-refractivity contribution in [2.24, 2.45) is 5.73 Å². The highest BCUT2D eigenvalue weighted by Crippen LogP contribution is 2.52. The number of alkyl halides is 3. The van der Waals surface area contributed by atoms with Crippen LogP contribution in [0, 0.1) is 0 Å². The number of nitrogens with zero attached hydrogens (tertiary/aromatic N) is 2. The molecule has 0 bridgehead atoms. The number of carbonyl (C=O) groups excluding carboxylic acids is 2. The van der Waals surface area contributed by atoms with Crippen LogP contribution in [0.4, 0.5) is 18.9 Å². The number of rotatable bonds is 7. The van der Waals surface area contributed by atoms with E-state index in [0.717, 1.165) is 11.0 Å². The molecule has 3 aromatic rings. The Kier molecular flexibility index (Phi) is 8.14. The molecule has 1 aliphatic rings. The molecule has 37 heavy (non-hydrogen) atoms. The molecule has 3 aromatic carbocycles. The molecular weight excluding hydrogens is 530 g/mol. The third-order valence-electron chi connectivity index (χ3n) is 6.67. The van der Waals surface area contributed by atoms with Gasteiger partial charge in [0.2, 0.25) is 5.91 Å². The average molecular weight is 556 g/mol. The van der Waals surface area contributed by atoms with Gasteiger partial charge < -0.3 is 20.6 Å². The van der Waals surface area contributed by atoms with Crippen molar-refractivity contribution < 1.29 is 27.9 Å². The van der Waals surface area contributed by atoms with Gasteiger partial charge in [-0.3, -0.25) is 9.59 Å². The molecule has 1 heterocycles. The van der Waals surface area contributed by atoms with Gasteiger partial charge in [-0.05, 0) is 48.1 Å². The van der Waals surface area contributed by atoms with Crippen LogP contribution in [-0.2, 0) is 16.6 Å². The van der Waals surface area contributed by atoms with Gasteiger partial charge in [-0.2, -0.15) is 13.2 Å². The molecule has 0 unspecified atom stereocenters. The van der Waals surface area contributed by atoms with E-state index >= 15 is 0 Å². The van der Waals surface area contributed by atoms with E-state index in [0.29, 0.717) is 36.5 Å². The highest BCUT2D eigenvalue weighted by molar-refractivity contribution is 6.33. The van der Waals surface area contributed by atoms with Gasteiger partial charge in [0, 0.05) is 34.8 Å². The third-order valence-corrected chi connectivity index (χ3v) is 6.99. The normalized spacial score (nSPS) is 17.3. The Bertz CT molecular complexity index is 1360. The number of hydrogen-bond acceptors (Lipinski definition) is 4. The number of likely N-dealkylation sites (N-methyl/N-ethyl adjacent to an activating group) is 1. The van der Waals surface area contributed by atoms with Gasteiger partial charge in [0.25, 0.3) is 5.91 Å². The Labute approximate surface area is 223 Å². The minimum Gasteiger partial charge on any atom is -0.372 e. The maximum absolute atomic E-state index is 14.3. The third kappa shape index (κ3) is 4.88. The topological polar surface area (TPSA) is 86.9 Å². The Morgan fingerprint density at radius 3 is 2.24 bits per heavy atom. The minimum atomic E-state index is -5.00. The summed E-state index contributed by atoms with van der Waals surface area (Å²) >= 11 is 6.48. The van der Waals surface area contributed by atoms with Gasteiger partial charge in [-0.25, -0.2) is 0 Å². The van der Waals surface area contributed by atoms with E-state index in [1.165, 1.54) is 12.1 Å². The van der Waals surface area contributed by atoms with Gasteiger partial charge in [-0.15, -0.1) is 12.4 Å². The van der Waals surface area contributed by atoms with E-state index in [9.17, 15) is 27.9 Å². The number of primary amides is 1. The second-order valence-electron chi connectivity index (χ2n) is 8.65. The van der Waals surface area contributed by atoms with Crippen LogP contribution in [0.3, 0.4) is 0 Å². The molecule has 3 N–H and O–H groups in total. The van der Waals surface area contributed by atoms with Gasteiger partial charge >= 0.3 is 6.18 Å². The number of aliphatic hydroxyl groups is 1. The highest BCUT2D eigenvalue weighted by Gasteiger charge is 2.56. The molecule has 4 rings (SSSR count). The summed E-state index contributed by atoms with van der Waals surface area (Å²) in [4.78, 5) is 28.8. The number of carbonyl (C=O) groups is 2. The Morgan fingerprint density at radius 1 is 1.11 bits per heavy atom. The van der Waals surface area contributed by atoms with Crippen molar-refractivity contribution in [2.75, 3.05) is 31.1 Å². The molecular formula is C26H26Cl2F3N3O3. The zero-order chi connectivity index (χ0) is 26.4. The van der Waals surface area contributed by atoms with Gasteiger partial charge in [0.05, 0.1) is 11.3 Å². The summed E-state index contributed by atoms with van der Waals surface area (Å²) in [5.41, 5.74) is -0.202. The van der Waals surface area contributed by atoms with Crippen LogP contribution in [0.2, 0.25) is 5.02 Å². The van der Waals surface area contributed by atoms with Crippen molar-refractivity contribution in [1.82, 2.24) is 4.90 Å². The molecule has 1 atom stereocenters. The first-order chi connectivity index (χ1) is 16.9. The monoisotopic (exact) mass is 555 g/mol. The molecule has 0 radical (unpaired) electrons. The van der Waals surface area contributed by atoms with Crippen molar-refractivity contribution in [3.05, 3.63) is 75.8 Å². The number of anilines is 1. The highest BCUT2D eigenvalue weighted by atomic mass is 35.5. The smallest absolute Gasteiger partial charge is 0.372 e. The lowest BCUT2D eigenvalue weighted by Crippen LogP contribution is -2.44. The standard InChI is InChI=1S/C26H25ClF3N3O3.ClH/c1-3-32(4-2)9-10-33-21-14-17(23(31)34)12-19(26(28,29)30)22(21)25(36,24(33)35)18-11-15-7-5-6-8-16(15)13-20(18)27;/h5-8,11-14,36H,3-4,9-10H2,1-2H3,(H2,31,34);1H/t25-;/m0./s1. The van der Waals surface area contributed by atoms with Crippen LogP contribution >= 0.6 is 24.0 Å². The first-order valence-electron chi connectivity index (χ1n) is 11.4. The van der Waals surface area contributed by atoms with Crippen molar-refractivity contribution in [3.63, 3.8) is 0 Å². The summed E-state index contributed by atoms with van der Waals surface area (Å²) in [6.07, 6.45) is -5.00. The van der Waals surface area contributed by atoms with Crippen LogP contribution < -0.4 is 10.6 Å². The van der Waals surface area contributed by atoms with Crippen LogP contribution in [0.15, 0.2) is 48.5 Å². The fraction of sp³-hybridized carbons (Fsp3) is 0.308. The molecule has 198 valence electrons. The van der Waals surface area contributed by atoms with Crippen molar-refractivity contribution >= 4 is 52.3 Å². The van der Waals surface area contributed by atoms with Crippen LogP contribution in [-0.4, -0.2) is 48.0 Å². The molecule has 0 saturated heterocycles. The second kappa shape index (κ2) is 10.5. The lowest BCUT2D eigenvalue weighted by Gasteiger charge is -2.27. The molecule has 2 amide bonds. The number of halogens is 5. The summed E-state index contributed by atoms with van der Waals surface area (Å²) in [6.45, 7) is 5.47. The molecule has 0 spiro atoms. The van der Waals surface area contributed by atoms with Crippen LogP contribution in [0.25, 0.3) is 10.8 Å². The van der Waals surface area contributed by atoms with Gasteiger partial charge in [-0.1, -0.05) is 49.7 Å². The Hall–Kier alpha value is -2.85. The first kappa shape index (κ1) is 28.7.